The first-order chi connectivity index (χ1) is 9.36. The largest absolute Gasteiger partial charge is 0.338 e. The highest BCUT2D eigenvalue weighted by Crippen LogP contribution is 2.18. The van der Waals surface area contributed by atoms with Crippen molar-refractivity contribution >= 4 is 11.3 Å². The summed E-state index contributed by atoms with van der Waals surface area (Å²) < 4.78 is 5.31. The summed E-state index contributed by atoms with van der Waals surface area (Å²) in [5.41, 5.74) is 5.40. The van der Waals surface area contributed by atoms with Crippen molar-refractivity contribution in [1.29, 1.82) is 0 Å². The third kappa shape index (κ3) is 3.88. The van der Waals surface area contributed by atoms with Crippen molar-refractivity contribution in [2.45, 2.75) is 52.4 Å². The molecular weight excluding hydrogens is 272 g/mol. The van der Waals surface area contributed by atoms with E-state index >= 15 is 0 Å². The van der Waals surface area contributed by atoms with Crippen LogP contribution in [0.5, 0.6) is 0 Å². The van der Waals surface area contributed by atoms with Crippen molar-refractivity contribution in [2.75, 3.05) is 0 Å². The molecule has 0 atom stereocenters. The molecule has 0 spiro atoms. The second-order valence-corrected chi connectivity index (χ2v) is 6.84. The summed E-state index contributed by atoms with van der Waals surface area (Å²) in [6, 6.07) is 4.61. The SMILES string of the molecule is CC(C)N(Cc1nc(C(C)(C)N)no1)Cc1cccs1. The Hall–Kier alpha value is -1.24. The summed E-state index contributed by atoms with van der Waals surface area (Å²) in [6.45, 7) is 9.59. The molecule has 0 saturated carbocycles. The Labute approximate surface area is 123 Å². The molecule has 0 unspecified atom stereocenters. The summed E-state index contributed by atoms with van der Waals surface area (Å²) in [5.74, 6) is 1.16. The Morgan fingerprint density at radius 2 is 2.15 bits per heavy atom. The van der Waals surface area contributed by atoms with Crippen LogP contribution in [0.3, 0.4) is 0 Å². The Bertz CT molecular complexity index is 528. The highest BCUT2D eigenvalue weighted by atomic mass is 32.1. The van der Waals surface area contributed by atoms with Crippen LogP contribution in [0.15, 0.2) is 22.0 Å². The Morgan fingerprint density at radius 3 is 2.65 bits per heavy atom. The van der Waals surface area contributed by atoms with Crippen LogP contribution in [0.1, 0.15) is 44.3 Å². The monoisotopic (exact) mass is 294 g/mol. The summed E-state index contributed by atoms with van der Waals surface area (Å²) in [4.78, 5) is 8.02. The fourth-order valence-electron chi connectivity index (χ4n) is 1.78. The molecule has 5 nitrogen and oxygen atoms in total. The van der Waals surface area contributed by atoms with Gasteiger partial charge in [-0.2, -0.15) is 4.98 Å². The molecule has 0 aromatic carbocycles. The maximum atomic E-state index is 5.97. The first-order valence-electron chi connectivity index (χ1n) is 6.74. The minimum absolute atomic E-state index is 0.401. The van der Waals surface area contributed by atoms with Crippen LogP contribution in [0, 0.1) is 0 Å². The molecule has 2 heterocycles. The molecule has 0 fully saturated rings. The van der Waals surface area contributed by atoms with Crippen molar-refractivity contribution in [3.05, 3.63) is 34.1 Å². The van der Waals surface area contributed by atoms with Gasteiger partial charge in [0.2, 0.25) is 5.89 Å². The Balaban J connectivity index is 2.06. The van der Waals surface area contributed by atoms with E-state index in [4.69, 9.17) is 10.3 Å². The maximum Gasteiger partial charge on any atom is 0.240 e. The van der Waals surface area contributed by atoms with E-state index in [0.29, 0.717) is 24.3 Å². The number of hydrogen-bond donors (Lipinski definition) is 1. The predicted octanol–water partition coefficient (Wildman–Crippen LogP) is 2.74. The first-order valence-corrected chi connectivity index (χ1v) is 7.62. The molecule has 110 valence electrons. The van der Waals surface area contributed by atoms with Gasteiger partial charge < -0.3 is 10.3 Å². The second-order valence-electron chi connectivity index (χ2n) is 5.81. The van der Waals surface area contributed by atoms with Gasteiger partial charge in [-0.3, -0.25) is 4.90 Å². The summed E-state index contributed by atoms with van der Waals surface area (Å²) in [6.07, 6.45) is 0. The van der Waals surface area contributed by atoms with Crippen LogP contribution >= 0.6 is 11.3 Å². The van der Waals surface area contributed by atoms with Gasteiger partial charge in [0.05, 0.1) is 12.1 Å². The zero-order valence-electron chi connectivity index (χ0n) is 12.5. The quantitative estimate of drug-likeness (QED) is 0.887. The fraction of sp³-hybridized carbons (Fsp3) is 0.571. The molecule has 0 bridgehead atoms. The van der Waals surface area contributed by atoms with E-state index in [0.717, 1.165) is 6.54 Å². The zero-order valence-corrected chi connectivity index (χ0v) is 13.3. The normalized spacial score (nSPS) is 12.6. The molecule has 20 heavy (non-hydrogen) atoms. The highest BCUT2D eigenvalue weighted by molar-refractivity contribution is 7.09. The van der Waals surface area contributed by atoms with Crippen LogP contribution in [0.4, 0.5) is 0 Å². The molecule has 0 saturated heterocycles. The van der Waals surface area contributed by atoms with Gasteiger partial charge in [0.25, 0.3) is 0 Å². The van der Waals surface area contributed by atoms with Crippen LogP contribution < -0.4 is 5.73 Å². The van der Waals surface area contributed by atoms with Crippen LogP contribution in [0.2, 0.25) is 0 Å². The van der Waals surface area contributed by atoms with Gasteiger partial charge in [-0.05, 0) is 39.1 Å². The second kappa shape index (κ2) is 6.03. The van der Waals surface area contributed by atoms with E-state index in [-0.39, 0.29) is 0 Å². The lowest BCUT2D eigenvalue weighted by Gasteiger charge is -2.23. The summed E-state index contributed by atoms with van der Waals surface area (Å²) >= 11 is 1.76. The van der Waals surface area contributed by atoms with Gasteiger partial charge >= 0.3 is 0 Å². The molecule has 2 N–H and O–H groups in total. The minimum Gasteiger partial charge on any atom is -0.338 e. The van der Waals surface area contributed by atoms with Crippen molar-refractivity contribution in [3.8, 4) is 0 Å². The van der Waals surface area contributed by atoms with Gasteiger partial charge in [-0.25, -0.2) is 0 Å². The number of thiophene rings is 1. The fourth-order valence-corrected chi connectivity index (χ4v) is 2.51. The number of nitrogens with two attached hydrogens (primary N) is 1. The lowest BCUT2D eigenvalue weighted by atomic mass is 10.1. The van der Waals surface area contributed by atoms with Gasteiger partial charge in [0.15, 0.2) is 5.82 Å². The molecule has 0 aliphatic rings. The Kier molecular flexibility index (Phi) is 4.57. The third-order valence-corrected chi connectivity index (χ3v) is 3.91. The number of rotatable bonds is 6. The van der Waals surface area contributed by atoms with E-state index in [2.05, 4.69) is 46.4 Å². The lowest BCUT2D eigenvalue weighted by molar-refractivity contribution is 0.178. The van der Waals surface area contributed by atoms with Crippen LogP contribution in [-0.4, -0.2) is 21.1 Å². The van der Waals surface area contributed by atoms with E-state index in [1.165, 1.54) is 4.88 Å². The highest BCUT2D eigenvalue weighted by Gasteiger charge is 2.23. The molecule has 2 aromatic rings. The topological polar surface area (TPSA) is 68.2 Å². The minimum atomic E-state index is -0.571. The van der Waals surface area contributed by atoms with Crippen LogP contribution in [0.25, 0.3) is 0 Å². The lowest BCUT2D eigenvalue weighted by Crippen LogP contribution is -2.31. The van der Waals surface area contributed by atoms with Gasteiger partial charge in [0, 0.05) is 17.5 Å². The molecule has 6 heteroatoms. The average molecular weight is 294 g/mol. The summed E-state index contributed by atoms with van der Waals surface area (Å²) in [7, 11) is 0. The van der Waals surface area contributed by atoms with Crippen molar-refractivity contribution < 1.29 is 4.52 Å². The molecule has 0 amide bonds. The van der Waals surface area contributed by atoms with Gasteiger partial charge in [-0.1, -0.05) is 11.2 Å². The summed E-state index contributed by atoms with van der Waals surface area (Å²) in [5, 5.41) is 6.05. The zero-order chi connectivity index (χ0) is 14.8. The smallest absolute Gasteiger partial charge is 0.240 e. The van der Waals surface area contributed by atoms with E-state index in [1.807, 2.05) is 13.8 Å². The number of hydrogen-bond acceptors (Lipinski definition) is 6. The molecule has 2 rings (SSSR count). The van der Waals surface area contributed by atoms with E-state index in [1.54, 1.807) is 11.3 Å². The van der Waals surface area contributed by atoms with E-state index in [9.17, 15) is 0 Å². The van der Waals surface area contributed by atoms with Crippen LogP contribution in [-0.2, 0) is 18.6 Å². The molecule has 2 aromatic heterocycles. The van der Waals surface area contributed by atoms with Crippen molar-refractivity contribution in [3.63, 3.8) is 0 Å². The van der Waals surface area contributed by atoms with E-state index < -0.39 is 5.54 Å². The van der Waals surface area contributed by atoms with Crippen molar-refractivity contribution in [2.24, 2.45) is 5.73 Å². The number of aromatic nitrogens is 2. The average Bonchev–Trinajstić information content (AvgIpc) is 2.97. The molecule has 0 aliphatic carbocycles. The third-order valence-electron chi connectivity index (χ3n) is 3.05. The Morgan fingerprint density at radius 1 is 1.40 bits per heavy atom. The van der Waals surface area contributed by atoms with Gasteiger partial charge in [-0.15, -0.1) is 11.3 Å². The van der Waals surface area contributed by atoms with Crippen molar-refractivity contribution in [1.82, 2.24) is 15.0 Å². The molecule has 0 radical (unpaired) electrons. The molecular formula is C14H22N4OS. The maximum absolute atomic E-state index is 5.97. The standard InChI is InChI=1S/C14H22N4OS/c1-10(2)18(8-11-6-5-7-20-11)9-12-16-13(17-19-12)14(3,4)15/h5-7,10H,8-9,15H2,1-4H3. The number of nitrogens with zero attached hydrogens (tertiary/aromatic N) is 3. The predicted molar refractivity (Wildman–Crippen MR) is 80.2 cm³/mol. The first kappa shape index (κ1) is 15.2. The molecule has 0 aliphatic heterocycles. The van der Waals surface area contributed by atoms with Gasteiger partial charge in [0.1, 0.15) is 0 Å².